The van der Waals surface area contributed by atoms with E-state index in [4.69, 9.17) is 27.9 Å². The Morgan fingerprint density at radius 2 is 1.74 bits per heavy atom. The van der Waals surface area contributed by atoms with Crippen molar-refractivity contribution >= 4 is 44.9 Å². The zero-order valence-electron chi connectivity index (χ0n) is 21.6. The molecule has 1 heterocycles. The summed E-state index contributed by atoms with van der Waals surface area (Å²) in [7, 11) is -3.63. The van der Waals surface area contributed by atoms with Gasteiger partial charge >= 0.3 is 5.97 Å². The van der Waals surface area contributed by atoms with Crippen LogP contribution in [0.5, 0.6) is 0 Å². The molecule has 2 aromatic rings. The SMILES string of the molecule is CC(C)(C)S(=O)(=O)CC(C1CCC1)N1C(=O)C(CC(=O)O)OC(c2cccc(Cl)c2)C1c1ccc(Cl)cc1. The average Bonchev–Trinajstić information content (AvgIpc) is 2.78. The lowest BCUT2D eigenvalue weighted by atomic mass is 9.78. The molecule has 1 amide bonds. The number of amides is 1. The van der Waals surface area contributed by atoms with Crippen LogP contribution < -0.4 is 0 Å². The number of carbonyl (C=O) groups is 2. The number of benzene rings is 2. The van der Waals surface area contributed by atoms with Crippen molar-refractivity contribution in [3.8, 4) is 0 Å². The van der Waals surface area contributed by atoms with Crippen LogP contribution in [-0.4, -0.2) is 52.9 Å². The molecule has 1 saturated carbocycles. The van der Waals surface area contributed by atoms with E-state index in [1.54, 1.807) is 68.1 Å². The maximum atomic E-state index is 14.1. The van der Waals surface area contributed by atoms with Gasteiger partial charge in [-0.15, -0.1) is 0 Å². The molecule has 1 aliphatic heterocycles. The second kappa shape index (κ2) is 11.2. The van der Waals surface area contributed by atoms with Crippen LogP contribution in [-0.2, 0) is 24.2 Å². The molecule has 2 fully saturated rings. The second-order valence-electron chi connectivity index (χ2n) is 11.1. The highest BCUT2D eigenvalue weighted by Crippen LogP contribution is 2.47. The largest absolute Gasteiger partial charge is 0.481 e. The van der Waals surface area contributed by atoms with Crippen molar-refractivity contribution in [2.24, 2.45) is 5.92 Å². The molecule has 1 aliphatic carbocycles. The van der Waals surface area contributed by atoms with E-state index in [2.05, 4.69) is 0 Å². The second-order valence-corrected chi connectivity index (χ2v) is 14.8. The third-order valence-corrected chi connectivity index (χ3v) is 10.7. The molecular weight excluding hydrogens is 549 g/mol. The van der Waals surface area contributed by atoms with Gasteiger partial charge in [-0.2, -0.15) is 0 Å². The molecule has 10 heteroatoms. The molecule has 0 bridgehead atoms. The fourth-order valence-corrected chi connectivity index (χ4v) is 6.81. The van der Waals surface area contributed by atoms with Gasteiger partial charge in [0.15, 0.2) is 9.84 Å². The van der Waals surface area contributed by atoms with Crippen LogP contribution >= 0.6 is 23.2 Å². The van der Waals surface area contributed by atoms with Crippen LogP contribution in [0, 0.1) is 5.92 Å². The van der Waals surface area contributed by atoms with Gasteiger partial charge in [0.2, 0.25) is 0 Å². The van der Waals surface area contributed by atoms with Gasteiger partial charge in [0.25, 0.3) is 5.91 Å². The molecule has 0 aromatic heterocycles. The highest BCUT2D eigenvalue weighted by atomic mass is 35.5. The number of morpholine rings is 1. The minimum Gasteiger partial charge on any atom is -0.481 e. The van der Waals surface area contributed by atoms with E-state index in [0.29, 0.717) is 21.2 Å². The van der Waals surface area contributed by atoms with E-state index in [-0.39, 0.29) is 11.7 Å². The molecule has 38 heavy (non-hydrogen) atoms. The van der Waals surface area contributed by atoms with Crippen molar-refractivity contribution in [3.05, 3.63) is 69.7 Å². The monoisotopic (exact) mass is 581 g/mol. The van der Waals surface area contributed by atoms with Crippen LogP contribution in [0.1, 0.15) is 69.7 Å². The van der Waals surface area contributed by atoms with E-state index < -0.39 is 57.2 Å². The quantitative estimate of drug-likeness (QED) is 0.419. The van der Waals surface area contributed by atoms with Gasteiger partial charge in [-0.3, -0.25) is 9.59 Å². The Morgan fingerprint density at radius 3 is 2.26 bits per heavy atom. The predicted octanol–water partition coefficient (Wildman–Crippen LogP) is 5.86. The maximum Gasteiger partial charge on any atom is 0.306 e. The lowest BCUT2D eigenvalue weighted by Gasteiger charge is -2.51. The van der Waals surface area contributed by atoms with E-state index in [9.17, 15) is 23.1 Å². The Labute approximate surface area is 234 Å². The summed E-state index contributed by atoms with van der Waals surface area (Å²) in [6, 6.07) is 12.7. The fraction of sp³-hybridized carbons (Fsp3) is 0.500. The first-order valence-corrected chi connectivity index (χ1v) is 15.1. The summed E-state index contributed by atoms with van der Waals surface area (Å²) >= 11 is 12.5. The van der Waals surface area contributed by atoms with Gasteiger partial charge in [0.05, 0.1) is 23.0 Å². The van der Waals surface area contributed by atoms with Crippen LogP contribution in [0.4, 0.5) is 0 Å². The molecular formula is C28H33Cl2NO6S. The highest BCUT2D eigenvalue weighted by molar-refractivity contribution is 7.92. The smallest absolute Gasteiger partial charge is 0.306 e. The zero-order valence-corrected chi connectivity index (χ0v) is 24.0. The Balaban J connectivity index is 1.91. The molecule has 4 rings (SSSR count). The number of carboxylic acid groups (broad SMARTS) is 1. The number of halogens is 2. The van der Waals surface area contributed by atoms with Gasteiger partial charge in [0.1, 0.15) is 12.2 Å². The molecule has 7 nitrogen and oxygen atoms in total. The summed E-state index contributed by atoms with van der Waals surface area (Å²) in [6.45, 7) is 4.96. The fourth-order valence-electron chi connectivity index (χ4n) is 5.11. The summed E-state index contributed by atoms with van der Waals surface area (Å²) < 4.78 is 32.2. The number of carbonyl (C=O) groups excluding carboxylic acids is 1. The van der Waals surface area contributed by atoms with E-state index in [0.717, 1.165) is 19.3 Å². The molecule has 1 N–H and O–H groups in total. The first kappa shape index (κ1) is 28.9. The summed E-state index contributed by atoms with van der Waals surface area (Å²) in [5, 5.41) is 10.6. The first-order valence-electron chi connectivity index (χ1n) is 12.7. The van der Waals surface area contributed by atoms with Gasteiger partial charge < -0.3 is 14.7 Å². The highest BCUT2D eigenvalue weighted by Gasteiger charge is 2.51. The van der Waals surface area contributed by atoms with Crippen molar-refractivity contribution in [1.29, 1.82) is 0 Å². The van der Waals surface area contributed by atoms with Gasteiger partial charge in [-0.25, -0.2) is 8.42 Å². The number of ether oxygens (including phenoxy) is 1. The number of nitrogens with zero attached hydrogens (tertiary/aromatic N) is 1. The Bertz CT molecular complexity index is 1290. The van der Waals surface area contributed by atoms with Crippen molar-refractivity contribution < 1.29 is 27.9 Å². The summed E-state index contributed by atoms with van der Waals surface area (Å²) in [5.41, 5.74) is 1.37. The van der Waals surface area contributed by atoms with Gasteiger partial charge in [0, 0.05) is 16.1 Å². The molecule has 0 radical (unpaired) electrons. The molecule has 1 saturated heterocycles. The third-order valence-electron chi connectivity index (χ3n) is 7.55. The molecule has 206 valence electrons. The van der Waals surface area contributed by atoms with Crippen molar-refractivity contribution in [1.82, 2.24) is 4.90 Å². The summed E-state index contributed by atoms with van der Waals surface area (Å²) in [6.07, 6.45) is -0.0846. The molecule has 2 aliphatic rings. The van der Waals surface area contributed by atoms with Crippen LogP contribution in [0.3, 0.4) is 0 Å². The maximum absolute atomic E-state index is 14.1. The minimum atomic E-state index is -3.63. The number of rotatable bonds is 8. The van der Waals surface area contributed by atoms with Crippen molar-refractivity contribution in [2.75, 3.05) is 5.75 Å². The lowest BCUT2D eigenvalue weighted by Crippen LogP contribution is -2.60. The Hall–Kier alpha value is -2.13. The van der Waals surface area contributed by atoms with Crippen LogP contribution in [0.2, 0.25) is 10.0 Å². The average molecular weight is 583 g/mol. The number of hydrogen-bond donors (Lipinski definition) is 1. The molecule has 0 spiro atoms. The van der Waals surface area contributed by atoms with E-state index in [1.807, 2.05) is 6.07 Å². The molecule has 4 atom stereocenters. The lowest BCUT2D eigenvalue weighted by molar-refractivity contribution is -0.185. The molecule has 2 aromatic carbocycles. The summed E-state index contributed by atoms with van der Waals surface area (Å²) in [4.78, 5) is 27.4. The number of aliphatic carboxylic acids is 1. The summed E-state index contributed by atoms with van der Waals surface area (Å²) in [5.74, 6) is -1.96. The van der Waals surface area contributed by atoms with E-state index >= 15 is 0 Å². The number of carboxylic acids is 1. The number of sulfone groups is 1. The van der Waals surface area contributed by atoms with E-state index in [1.165, 1.54) is 0 Å². The van der Waals surface area contributed by atoms with Gasteiger partial charge in [-0.05, 0) is 74.9 Å². The molecule has 4 unspecified atom stereocenters. The van der Waals surface area contributed by atoms with Crippen LogP contribution in [0.15, 0.2) is 48.5 Å². The van der Waals surface area contributed by atoms with Gasteiger partial charge in [-0.1, -0.05) is 53.9 Å². The Morgan fingerprint density at radius 1 is 1.08 bits per heavy atom. The normalized spacial score (nSPS) is 23.7. The Kier molecular flexibility index (Phi) is 8.48. The zero-order chi connectivity index (χ0) is 27.8. The minimum absolute atomic E-state index is 0.0329. The van der Waals surface area contributed by atoms with Crippen molar-refractivity contribution in [2.45, 2.75) is 75.5 Å². The van der Waals surface area contributed by atoms with Crippen LogP contribution in [0.25, 0.3) is 0 Å². The topological polar surface area (TPSA) is 101 Å². The standard InChI is InChI=1S/C28H33Cl2NO6S/c1-28(2,3)38(35,36)16-22(17-6-4-7-17)31-25(18-10-12-20(29)13-11-18)26(19-8-5-9-21(30)14-19)37-23(27(31)34)15-24(32)33/h5,8-14,17,22-23,25-26H,4,6-7,15-16H2,1-3H3,(H,32,33). The predicted molar refractivity (Wildman–Crippen MR) is 147 cm³/mol. The third kappa shape index (κ3) is 6.03. The number of hydrogen-bond acceptors (Lipinski definition) is 5. The van der Waals surface area contributed by atoms with Crippen molar-refractivity contribution in [3.63, 3.8) is 0 Å². The first-order chi connectivity index (χ1) is 17.8.